The maximum Gasteiger partial charge on any atom is 0.233 e. The van der Waals surface area contributed by atoms with Crippen molar-refractivity contribution >= 4 is 23.3 Å². The number of aromatic nitrogens is 2. The van der Waals surface area contributed by atoms with E-state index in [1.54, 1.807) is 19.5 Å². The molecular formula is C21H25ClN4O3. The molecule has 0 atom stereocenters. The van der Waals surface area contributed by atoms with E-state index in [1.807, 2.05) is 29.2 Å². The van der Waals surface area contributed by atoms with Crippen LogP contribution in [0.25, 0.3) is 0 Å². The highest BCUT2D eigenvalue weighted by molar-refractivity contribution is 6.31. The molecular weight excluding hydrogens is 392 g/mol. The Labute approximate surface area is 175 Å². The fourth-order valence-corrected chi connectivity index (χ4v) is 4.51. The molecule has 4 rings (SSSR count). The molecule has 29 heavy (non-hydrogen) atoms. The van der Waals surface area contributed by atoms with Gasteiger partial charge < -0.3 is 19.3 Å². The van der Waals surface area contributed by atoms with E-state index < -0.39 is 5.41 Å². The van der Waals surface area contributed by atoms with E-state index in [4.69, 9.17) is 21.1 Å². The zero-order chi connectivity index (χ0) is 20.3. The smallest absolute Gasteiger partial charge is 0.233 e. The summed E-state index contributed by atoms with van der Waals surface area (Å²) < 4.78 is 10.7. The lowest BCUT2D eigenvalue weighted by molar-refractivity contribution is -0.141. The van der Waals surface area contributed by atoms with Crippen molar-refractivity contribution in [2.75, 3.05) is 51.4 Å². The summed E-state index contributed by atoms with van der Waals surface area (Å²) in [6.45, 7) is 3.79. The summed E-state index contributed by atoms with van der Waals surface area (Å²) in [5.41, 5.74) is 0.296. The Balaban J connectivity index is 1.52. The summed E-state index contributed by atoms with van der Waals surface area (Å²) >= 11 is 6.52. The van der Waals surface area contributed by atoms with Crippen molar-refractivity contribution in [1.82, 2.24) is 14.9 Å². The standard InChI is InChI=1S/C21H25ClN4O3/c1-28-19-15-23-14-18(24-19)25-8-10-26(11-9-25)20(27)21(6-12-29-13-7-21)16-4-2-3-5-17(16)22/h2-5,14-15H,6-13H2,1H3. The molecule has 2 saturated heterocycles. The predicted molar refractivity (Wildman–Crippen MR) is 111 cm³/mol. The molecule has 7 nitrogen and oxygen atoms in total. The van der Waals surface area contributed by atoms with Gasteiger partial charge in [0, 0.05) is 44.4 Å². The highest BCUT2D eigenvalue weighted by Crippen LogP contribution is 2.40. The van der Waals surface area contributed by atoms with Gasteiger partial charge in [-0.3, -0.25) is 9.78 Å². The van der Waals surface area contributed by atoms with Gasteiger partial charge in [-0.1, -0.05) is 29.8 Å². The molecule has 2 fully saturated rings. The number of carbonyl (C=O) groups is 1. The van der Waals surface area contributed by atoms with Crippen molar-refractivity contribution in [3.8, 4) is 5.88 Å². The monoisotopic (exact) mass is 416 g/mol. The zero-order valence-electron chi connectivity index (χ0n) is 16.5. The number of ether oxygens (including phenoxy) is 2. The van der Waals surface area contributed by atoms with Gasteiger partial charge >= 0.3 is 0 Å². The minimum Gasteiger partial charge on any atom is -0.480 e. The van der Waals surface area contributed by atoms with Crippen LogP contribution in [0.1, 0.15) is 18.4 Å². The second kappa shape index (κ2) is 8.55. The summed E-state index contributed by atoms with van der Waals surface area (Å²) in [4.78, 5) is 26.4. The van der Waals surface area contributed by atoms with Crippen LogP contribution in [0.15, 0.2) is 36.7 Å². The average molecular weight is 417 g/mol. The fraction of sp³-hybridized carbons (Fsp3) is 0.476. The van der Waals surface area contributed by atoms with Crippen LogP contribution >= 0.6 is 11.6 Å². The van der Waals surface area contributed by atoms with E-state index in [0.29, 0.717) is 63.1 Å². The summed E-state index contributed by atoms with van der Waals surface area (Å²) in [7, 11) is 1.58. The number of anilines is 1. The normalized spacial score (nSPS) is 19.1. The number of piperazine rings is 1. The zero-order valence-corrected chi connectivity index (χ0v) is 17.3. The lowest BCUT2D eigenvalue weighted by atomic mass is 9.72. The number of amides is 1. The SMILES string of the molecule is COc1cncc(N2CCN(C(=O)C3(c4ccccc4Cl)CCOCC3)CC2)n1. The van der Waals surface area contributed by atoms with Gasteiger partial charge in [-0.25, -0.2) is 0 Å². The predicted octanol–water partition coefficient (Wildman–Crippen LogP) is 2.54. The molecule has 2 aromatic rings. The quantitative estimate of drug-likeness (QED) is 0.763. The van der Waals surface area contributed by atoms with Gasteiger partial charge in [-0.05, 0) is 24.5 Å². The van der Waals surface area contributed by atoms with Crippen LogP contribution in [0, 0.1) is 0 Å². The van der Waals surface area contributed by atoms with Crippen LogP contribution in [0.4, 0.5) is 5.82 Å². The molecule has 0 aliphatic carbocycles. The number of nitrogens with zero attached hydrogens (tertiary/aromatic N) is 4. The first-order valence-corrected chi connectivity index (χ1v) is 10.2. The largest absolute Gasteiger partial charge is 0.480 e. The number of hydrogen-bond donors (Lipinski definition) is 0. The number of methoxy groups -OCH3 is 1. The third-order valence-corrected chi connectivity index (χ3v) is 6.17. The molecule has 0 radical (unpaired) electrons. The molecule has 8 heteroatoms. The van der Waals surface area contributed by atoms with Crippen LogP contribution < -0.4 is 9.64 Å². The van der Waals surface area contributed by atoms with E-state index in [1.165, 1.54) is 0 Å². The Kier molecular flexibility index (Phi) is 5.87. The van der Waals surface area contributed by atoms with Crippen LogP contribution in [-0.2, 0) is 14.9 Å². The van der Waals surface area contributed by atoms with Gasteiger partial charge in [0.2, 0.25) is 11.8 Å². The van der Waals surface area contributed by atoms with Crippen molar-refractivity contribution < 1.29 is 14.3 Å². The van der Waals surface area contributed by atoms with Crippen molar-refractivity contribution in [1.29, 1.82) is 0 Å². The molecule has 1 amide bonds. The van der Waals surface area contributed by atoms with Crippen LogP contribution in [0.2, 0.25) is 5.02 Å². The molecule has 0 saturated carbocycles. The maximum atomic E-state index is 13.7. The summed E-state index contributed by atoms with van der Waals surface area (Å²) in [6.07, 6.45) is 4.61. The summed E-state index contributed by atoms with van der Waals surface area (Å²) in [5, 5.41) is 0.646. The van der Waals surface area contributed by atoms with Crippen molar-refractivity contribution in [2.45, 2.75) is 18.3 Å². The van der Waals surface area contributed by atoms with Crippen LogP contribution in [-0.4, -0.2) is 67.3 Å². The van der Waals surface area contributed by atoms with Gasteiger partial charge in [0.1, 0.15) is 0 Å². The van der Waals surface area contributed by atoms with Gasteiger partial charge in [0.15, 0.2) is 5.82 Å². The van der Waals surface area contributed by atoms with Crippen molar-refractivity contribution in [3.05, 3.63) is 47.2 Å². The number of carbonyl (C=O) groups excluding carboxylic acids is 1. The van der Waals surface area contributed by atoms with E-state index in [0.717, 1.165) is 11.4 Å². The fourth-order valence-electron chi connectivity index (χ4n) is 4.20. The lowest BCUT2D eigenvalue weighted by Gasteiger charge is -2.43. The highest BCUT2D eigenvalue weighted by Gasteiger charge is 2.45. The molecule has 0 spiro atoms. The molecule has 1 aromatic carbocycles. The summed E-state index contributed by atoms with van der Waals surface area (Å²) in [5.74, 6) is 1.40. The topological polar surface area (TPSA) is 67.8 Å². The molecule has 2 aliphatic rings. The van der Waals surface area contributed by atoms with E-state index >= 15 is 0 Å². The van der Waals surface area contributed by atoms with Crippen LogP contribution in [0.3, 0.4) is 0 Å². The number of rotatable bonds is 4. The Morgan fingerprint density at radius 3 is 2.55 bits per heavy atom. The van der Waals surface area contributed by atoms with Crippen LogP contribution in [0.5, 0.6) is 5.88 Å². The molecule has 0 unspecified atom stereocenters. The Morgan fingerprint density at radius 2 is 1.86 bits per heavy atom. The highest BCUT2D eigenvalue weighted by atomic mass is 35.5. The van der Waals surface area contributed by atoms with Crippen molar-refractivity contribution in [2.24, 2.45) is 0 Å². The van der Waals surface area contributed by atoms with Gasteiger partial charge in [-0.2, -0.15) is 4.98 Å². The minimum absolute atomic E-state index is 0.144. The second-order valence-corrected chi connectivity index (χ2v) is 7.78. The Morgan fingerprint density at radius 1 is 1.14 bits per heavy atom. The molecule has 1 aromatic heterocycles. The van der Waals surface area contributed by atoms with Crippen molar-refractivity contribution in [3.63, 3.8) is 0 Å². The van der Waals surface area contributed by atoms with E-state index in [-0.39, 0.29) is 5.91 Å². The molecule has 3 heterocycles. The molecule has 0 bridgehead atoms. The number of benzene rings is 1. The van der Waals surface area contributed by atoms with E-state index in [9.17, 15) is 4.79 Å². The molecule has 2 aliphatic heterocycles. The minimum atomic E-state index is -0.617. The molecule has 0 N–H and O–H groups in total. The lowest BCUT2D eigenvalue weighted by Crippen LogP contribution is -2.56. The Bertz CT molecular complexity index is 865. The maximum absolute atomic E-state index is 13.7. The van der Waals surface area contributed by atoms with Gasteiger partial charge in [-0.15, -0.1) is 0 Å². The first-order chi connectivity index (χ1) is 14.1. The average Bonchev–Trinajstić information content (AvgIpc) is 2.79. The third-order valence-electron chi connectivity index (χ3n) is 5.84. The van der Waals surface area contributed by atoms with Gasteiger partial charge in [0.25, 0.3) is 0 Å². The first-order valence-electron chi connectivity index (χ1n) is 9.87. The van der Waals surface area contributed by atoms with Gasteiger partial charge in [0.05, 0.1) is 24.9 Å². The Hall–Kier alpha value is -2.38. The second-order valence-electron chi connectivity index (χ2n) is 7.37. The summed E-state index contributed by atoms with van der Waals surface area (Å²) in [6, 6.07) is 7.69. The van der Waals surface area contributed by atoms with E-state index in [2.05, 4.69) is 14.9 Å². The third kappa shape index (κ3) is 3.89. The molecule has 154 valence electrons. The number of hydrogen-bond acceptors (Lipinski definition) is 6. The first kappa shape index (κ1) is 19.9. The number of halogens is 1.